The first-order chi connectivity index (χ1) is 15.9. The number of halogens is 1. The summed E-state index contributed by atoms with van der Waals surface area (Å²) in [5.41, 5.74) is 1.49. The third-order valence-electron chi connectivity index (χ3n) is 5.50. The molecule has 2 aromatic heterocycles. The number of fused-ring (bicyclic) bond motifs is 1. The number of hydrogen-bond acceptors (Lipinski definition) is 7. The number of nitrogens with zero attached hydrogens (tertiary/aromatic N) is 4. The van der Waals surface area contributed by atoms with E-state index in [1.807, 2.05) is 24.8 Å². The van der Waals surface area contributed by atoms with Crippen molar-refractivity contribution in [3.8, 4) is 0 Å². The molecular weight excluding hydrogens is 464 g/mol. The minimum atomic E-state index is -0.380. The van der Waals surface area contributed by atoms with E-state index in [1.165, 1.54) is 22.2 Å². The molecule has 4 rings (SSSR count). The number of carbonyl (C=O) groups excluding carboxylic acids is 2. The highest BCUT2D eigenvalue weighted by molar-refractivity contribution is 7.22. The zero-order chi connectivity index (χ0) is 23.5. The SMILES string of the molecule is CCNC(=O)C1CCCN(c2nc3ncn(CC(=O)Nc4ccc(C)cc4Cl)c(=O)c3s2)C1. The van der Waals surface area contributed by atoms with Crippen LogP contribution in [0.1, 0.15) is 25.3 Å². The summed E-state index contributed by atoms with van der Waals surface area (Å²) in [6.45, 7) is 5.54. The number of piperidine rings is 1. The smallest absolute Gasteiger partial charge is 0.273 e. The second kappa shape index (κ2) is 9.88. The minimum absolute atomic E-state index is 0.0449. The minimum Gasteiger partial charge on any atom is -0.356 e. The van der Waals surface area contributed by atoms with Crippen LogP contribution in [0.15, 0.2) is 29.3 Å². The van der Waals surface area contributed by atoms with Gasteiger partial charge >= 0.3 is 0 Å². The van der Waals surface area contributed by atoms with E-state index in [1.54, 1.807) is 12.1 Å². The summed E-state index contributed by atoms with van der Waals surface area (Å²) < 4.78 is 1.64. The van der Waals surface area contributed by atoms with Gasteiger partial charge in [0.25, 0.3) is 5.56 Å². The van der Waals surface area contributed by atoms with E-state index in [0.717, 1.165) is 24.9 Å². The van der Waals surface area contributed by atoms with Gasteiger partial charge in [-0.2, -0.15) is 4.98 Å². The lowest BCUT2D eigenvalue weighted by atomic mass is 9.97. The van der Waals surface area contributed by atoms with Crippen molar-refractivity contribution in [2.75, 3.05) is 29.9 Å². The van der Waals surface area contributed by atoms with Crippen LogP contribution in [0.5, 0.6) is 0 Å². The van der Waals surface area contributed by atoms with E-state index in [-0.39, 0.29) is 29.8 Å². The summed E-state index contributed by atoms with van der Waals surface area (Å²) in [6.07, 6.45) is 3.04. The molecule has 1 aromatic carbocycles. The summed E-state index contributed by atoms with van der Waals surface area (Å²) in [6, 6.07) is 5.33. The predicted octanol–water partition coefficient (Wildman–Crippen LogP) is 2.81. The van der Waals surface area contributed by atoms with Gasteiger partial charge in [-0.05, 0) is 44.4 Å². The zero-order valence-corrected chi connectivity index (χ0v) is 20.0. The van der Waals surface area contributed by atoms with Gasteiger partial charge in [0.15, 0.2) is 10.8 Å². The molecule has 0 aliphatic carbocycles. The Kier molecular flexibility index (Phi) is 6.94. The van der Waals surface area contributed by atoms with E-state index in [2.05, 4.69) is 20.6 Å². The Hall–Kier alpha value is -2.98. The highest BCUT2D eigenvalue weighted by atomic mass is 35.5. The molecule has 2 N–H and O–H groups in total. The maximum atomic E-state index is 13.0. The van der Waals surface area contributed by atoms with Gasteiger partial charge in [-0.15, -0.1) is 0 Å². The number of rotatable bonds is 6. The zero-order valence-electron chi connectivity index (χ0n) is 18.4. The molecule has 1 fully saturated rings. The number of carbonyl (C=O) groups is 2. The fraction of sp³-hybridized carbons (Fsp3) is 0.409. The van der Waals surface area contributed by atoms with E-state index in [9.17, 15) is 14.4 Å². The average molecular weight is 489 g/mol. The van der Waals surface area contributed by atoms with Crippen LogP contribution >= 0.6 is 22.9 Å². The second-order valence-electron chi connectivity index (χ2n) is 8.04. The molecule has 0 radical (unpaired) electrons. The molecule has 9 nitrogen and oxygen atoms in total. The van der Waals surface area contributed by atoms with Crippen LogP contribution in [0.2, 0.25) is 5.02 Å². The molecule has 1 saturated heterocycles. The number of amides is 2. The van der Waals surface area contributed by atoms with Crippen molar-refractivity contribution in [3.63, 3.8) is 0 Å². The predicted molar refractivity (Wildman–Crippen MR) is 130 cm³/mol. The third kappa shape index (κ3) is 5.17. The Bertz CT molecular complexity index is 1260. The molecule has 174 valence electrons. The largest absolute Gasteiger partial charge is 0.356 e. The van der Waals surface area contributed by atoms with Gasteiger partial charge < -0.3 is 15.5 Å². The lowest BCUT2D eigenvalue weighted by Gasteiger charge is -2.31. The van der Waals surface area contributed by atoms with Crippen molar-refractivity contribution >= 4 is 55.9 Å². The molecule has 2 amide bonds. The van der Waals surface area contributed by atoms with Gasteiger partial charge in [-0.1, -0.05) is 29.0 Å². The Morgan fingerprint density at radius 3 is 2.91 bits per heavy atom. The lowest BCUT2D eigenvalue weighted by molar-refractivity contribution is -0.125. The van der Waals surface area contributed by atoms with Gasteiger partial charge in [-0.25, -0.2) is 4.98 Å². The van der Waals surface area contributed by atoms with Crippen LogP contribution in [0.25, 0.3) is 10.3 Å². The molecule has 33 heavy (non-hydrogen) atoms. The standard InChI is InChI=1S/C22H25ClN6O3S/c1-3-24-20(31)14-5-4-8-28(10-14)22-27-19-18(33-22)21(32)29(12-25-19)11-17(30)26-16-7-6-13(2)9-15(16)23/h6-7,9,12,14H,3-5,8,10-11H2,1-2H3,(H,24,31)(H,26,30). The highest BCUT2D eigenvalue weighted by Crippen LogP contribution is 2.29. The number of hydrogen-bond donors (Lipinski definition) is 2. The molecule has 1 atom stereocenters. The monoisotopic (exact) mass is 488 g/mol. The maximum Gasteiger partial charge on any atom is 0.273 e. The van der Waals surface area contributed by atoms with Crippen molar-refractivity contribution in [3.05, 3.63) is 45.5 Å². The van der Waals surface area contributed by atoms with Crippen LogP contribution in [-0.2, 0) is 16.1 Å². The van der Waals surface area contributed by atoms with Crippen molar-refractivity contribution in [1.29, 1.82) is 0 Å². The molecular formula is C22H25ClN6O3S. The van der Waals surface area contributed by atoms with E-state index >= 15 is 0 Å². The quantitative estimate of drug-likeness (QED) is 0.552. The molecule has 0 bridgehead atoms. The Labute approximate surface area is 199 Å². The van der Waals surface area contributed by atoms with E-state index in [4.69, 9.17) is 11.6 Å². The number of aryl methyl sites for hydroxylation is 1. The van der Waals surface area contributed by atoms with Gasteiger partial charge in [0.1, 0.15) is 17.6 Å². The van der Waals surface area contributed by atoms with E-state index < -0.39 is 0 Å². The molecule has 11 heteroatoms. The number of thiazole rings is 1. The molecule has 0 spiro atoms. The first kappa shape index (κ1) is 23.2. The number of nitrogens with one attached hydrogen (secondary N) is 2. The fourth-order valence-corrected chi connectivity index (χ4v) is 5.12. The van der Waals surface area contributed by atoms with Crippen LogP contribution in [-0.4, -0.2) is 46.0 Å². The summed E-state index contributed by atoms with van der Waals surface area (Å²) in [7, 11) is 0. The molecule has 0 saturated carbocycles. The van der Waals surface area contributed by atoms with Crippen molar-refractivity contribution < 1.29 is 9.59 Å². The Morgan fingerprint density at radius 2 is 2.15 bits per heavy atom. The maximum absolute atomic E-state index is 13.0. The van der Waals surface area contributed by atoms with Crippen LogP contribution in [0, 0.1) is 12.8 Å². The van der Waals surface area contributed by atoms with E-state index in [0.29, 0.717) is 39.3 Å². The molecule has 1 aliphatic rings. The molecule has 3 heterocycles. The number of aromatic nitrogens is 3. The third-order valence-corrected chi connectivity index (χ3v) is 6.90. The summed E-state index contributed by atoms with van der Waals surface area (Å²) in [5.74, 6) is -0.439. The lowest BCUT2D eigenvalue weighted by Crippen LogP contribution is -2.43. The number of anilines is 2. The highest BCUT2D eigenvalue weighted by Gasteiger charge is 2.27. The second-order valence-corrected chi connectivity index (χ2v) is 9.42. The average Bonchev–Trinajstić information content (AvgIpc) is 3.23. The van der Waals surface area contributed by atoms with Crippen LogP contribution < -0.4 is 21.1 Å². The molecule has 3 aromatic rings. The van der Waals surface area contributed by atoms with Gasteiger partial charge in [0.05, 0.1) is 16.6 Å². The Balaban J connectivity index is 1.50. The topological polar surface area (TPSA) is 109 Å². The first-order valence-corrected chi connectivity index (χ1v) is 12.0. The summed E-state index contributed by atoms with van der Waals surface area (Å²) in [5, 5.41) is 6.70. The van der Waals surface area contributed by atoms with Crippen molar-refractivity contribution in [1.82, 2.24) is 19.9 Å². The van der Waals surface area contributed by atoms with Gasteiger partial charge in [0, 0.05) is 19.6 Å². The summed E-state index contributed by atoms with van der Waals surface area (Å²) in [4.78, 5) is 48.6. The fourth-order valence-electron chi connectivity index (χ4n) is 3.83. The van der Waals surface area contributed by atoms with Gasteiger partial charge in [-0.3, -0.25) is 19.0 Å². The van der Waals surface area contributed by atoms with Crippen LogP contribution in [0.4, 0.5) is 10.8 Å². The van der Waals surface area contributed by atoms with Crippen molar-refractivity contribution in [2.45, 2.75) is 33.2 Å². The number of benzene rings is 1. The van der Waals surface area contributed by atoms with Gasteiger partial charge in [0.2, 0.25) is 11.8 Å². The van der Waals surface area contributed by atoms with Crippen LogP contribution in [0.3, 0.4) is 0 Å². The molecule has 1 unspecified atom stereocenters. The molecule has 1 aliphatic heterocycles. The first-order valence-electron chi connectivity index (χ1n) is 10.8. The van der Waals surface area contributed by atoms with Crippen molar-refractivity contribution in [2.24, 2.45) is 5.92 Å². The normalized spacial score (nSPS) is 16.1. The Morgan fingerprint density at radius 1 is 1.33 bits per heavy atom. The summed E-state index contributed by atoms with van der Waals surface area (Å²) >= 11 is 7.42.